The zero-order chi connectivity index (χ0) is 31.6. The van der Waals surface area contributed by atoms with Crippen LogP contribution < -0.4 is 18.5 Å². The predicted molar refractivity (Wildman–Crippen MR) is 161 cm³/mol. The summed E-state index contributed by atoms with van der Waals surface area (Å²) in [7, 11) is -4.90. The van der Waals surface area contributed by atoms with Crippen LogP contribution in [0.15, 0.2) is 132 Å². The molecule has 5 aromatic carbocycles. The van der Waals surface area contributed by atoms with Crippen LogP contribution in [0.25, 0.3) is 0 Å². The molecule has 11 heteroatoms. The summed E-state index contributed by atoms with van der Waals surface area (Å²) in [6, 6.07) is 30.9. The van der Waals surface area contributed by atoms with Gasteiger partial charge in [-0.05, 0) is 54.6 Å². The molecule has 10 nitrogen and oxygen atoms in total. The third-order valence-electron chi connectivity index (χ3n) is 6.76. The van der Waals surface area contributed by atoms with E-state index < -0.39 is 38.7 Å². The van der Waals surface area contributed by atoms with E-state index in [0.717, 1.165) is 6.07 Å². The average Bonchev–Trinajstić information content (AvgIpc) is 3.05. The standard InChI is InChI=1S/C34H21NO9S/c36-31-26-14-7-8-15-27(26)32(37)30-28(31)16-9-17-29(30)45(40,41)35(33(38)42-23-10-3-1-4-11-23)22-18-20-25(21-19-22)44-34(39)43-24-12-5-2-6-13-24/h1-21H. The Morgan fingerprint density at radius 3 is 1.60 bits per heavy atom. The highest BCUT2D eigenvalue weighted by atomic mass is 32.2. The van der Waals surface area contributed by atoms with E-state index in [2.05, 4.69) is 0 Å². The summed E-state index contributed by atoms with van der Waals surface area (Å²) in [5.41, 5.74) is -0.488. The Balaban J connectivity index is 1.38. The molecule has 6 rings (SSSR count). The van der Waals surface area contributed by atoms with Crippen molar-refractivity contribution < 1.29 is 41.8 Å². The summed E-state index contributed by atoms with van der Waals surface area (Å²) in [5.74, 6) is -0.914. The van der Waals surface area contributed by atoms with Gasteiger partial charge in [0.15, 0.2) is 11.6 Å². The molecule has 0 aromatic heterocycles. The van der Waals surface area contributed by atoms with Gasteiger partial charge in [0.25, 0.3) is 10.0 Å². The van der Waals surface area contributed by atoms with Crippen molar-refractivity contribution in [3.63, 3.8) is 0 Å². The van der Waals surface area contributed by atoms with E-state index in [1.165, 1.54) is 60.7 Å². The van der Waals surface area contributed by atoms with Crippen molar-refractivity contribution in [3.05, 3.63) is 150 Å². The van der Waals surface area contributed by atoms with Crippen LogP contribution in [0.5, 0.6) is 17.2 Å². The van der Waals surface area contributed by atoms with E-state index in [1.807, 2.05) is 0 Å². The number of rotatable bonds is 6. The number of benzene rings is 5. The van der Waals surface area contributed by atoms with Crippen LogP contribution in [-0.2, 0) is 10.0 Å². The largest absolute Gasteiger partial charge is 0.519 e. The van der Waals surface area contributed by atoms with E-state index in [4.69, 9.17) is 14.2 Å². The molecule has 0 saturated carbocycles. The Morgan fingerprint density at radius 1 is 0.511 bits per heavy atom. The summed E-state index contributed by atoms with van der Waals surface area (Å²) >= 11 is 0. The lowest BCUT2D eigenvalue weighted by atomic mass is 9.84. The first-order chi connectivity index (χ1) is 21.7. The molecule has 1 aliphatic rings. The van der Waals surface area contributed by atoms with Crippen LogP contribution >= 0.6 is 0 Å². The van der Waals surface area contributed by atoms with Crippen molar-refractivity contribution >= 4 is 39.5 Å². The molecule has 0 fully saturated rings. The van der Waals surface area contributed by atoms with Crippen LogP contribution in [0.3, 0.4) is 0 Å². The molecular formula is C34H21NO9S. The SMILES string of the molecule is O=C(Oc1ccccc1)Oc1ccc(N(C(=O)Oc2ccccc2)S(=O)(=O)c2cccc3c2C(=O)c2ccccc2C3=O)cc1. The maximum atomic E-state index is 14.3. The molecule has 0 bridgehead atoms. The van der Waals surface area contributed by atoms with Gasteiger partial charge in [0.1, 0.15) is 17.2 Å². The van der Waals surface area contributed by atoms with Gasteiger partial charge in [0.2, 0.25) is 0 Å². The molecule has 0 heterocycles. The third-order valence-corrected chi connectivity index (χ3v) is 8.50. The number of hydrogen-bond donors (Lipinski definition) is 0. The fourth-order valence-electron chi connectivity index (χ4n) is 4.75. The molecule has 0 radical (unpaired) electrons. The van der Waals surface area contributed by atoms with Gasteiger partial charge in [-0.3, -0.25) is 9.59 Å². The number of para-hydroxylation sites is 2. The predicted octanol–water partition coefficient (Wildman–Crippen LogP) is 6.43. The maximum absolute atomic E-state index is 14.3. The first kappa shape index (κ1) is 29.0. The molecule has 45 heavy (non-hydrogen) atoms. The number of amides is 1. The second kappa shape index (κ2) is 11.9. The van der Waals surface area contributed by atoms with Gasteiger partial charge in [-0.2, -0.15) is 4.31 Å². The number of hydrogen-bond acceptors (Lipinski definition) is 9. The fourth-order valence-corrected chi connectivity index (χ4v) is 6.29. The van der Waals surface area contributed by atoms with Crippen molar-refractivity contribution in [1.29, 1.82) is 0 Å². The number of fused-ring (bicyclic) bond motifs is 2. The quantitative estimate of drug-likeness (QED) is 0.153. The molecule has 5 aromatic rings. The summed E-state index contributed by atoms with van der Waals surface area (Å²) in [5, 5.41) is 0. The third kappa shape index (κ3) is 5.67. The van der Waals surface area contributed by atoms with Crippen molar-refractivity contribution in [2.75, 3.05) is 4.31 Å². The van der Waals surface area contributed by atoms with Gasteiger partial charge >= 0.3 is 12.2 Å². The van der Waals surface area contributed by atoms with Gasteiger partial charge in [-0.1, -0.05) is 72.8 Å². The first-order valence-corrected chi connectivity index (χ1v) is 14.9. The summed E-state index contributed by atoms with van der Waals surface area (Å²) in [6.07, 6.45) is -2.35. The minimum atomic E-state index is -4.90. The topological polar surface area (TPSA) is 133 Å². The second-order valence-corrected chi connectivity index (χ2v) is 11.3. The highest BCUT2D eigenvalue weighted by molar-refractivity contribution is 7.93. The maximum Gasteiger partial charge on any atom is 0.519 e. The number of anilines is 1. The highest BCUT2D eigenvalue weighted by Crippen LogP contribution is 2.35. The zero-order valence-electron chi connectivity index (χ0n) is 23.2. The van der Waals surface area contributed by atoms with Crippen LogP contribution in [0.4, 0.5) is 15.3 Å². The molecular weight excluding hydrogens is 598 g/mol. The number of ether oxygens (including phenoxy) is 3. The number of carbonyl (C=O) groups excluding carboxylic acids is 4. The molecule has 0 unspecified atom stereocenters. The smallest absolute Gasteiger partial charge is 0.409 e. The Labute approximate surface area is 257 Å². The zero-order valence-corrected chi connectivity index (χ0v) is 24.0. The second-order valence-electron chi connectivity index (χ2n) is 9.59. The number of sulfonamides is 1. The van der Waals surface area contributed by atoms with Crippen LogP contribution in [-0.4, -0.2) is 32.2 Å². The Kier molecular flexibility index (Phi) is 7.68. The molecule has 0 saturated heterocycles. The first-order valence-electron chi connectivity index (χ1n) is 13.4. The van der Waals surface area contributed by atoms with E-state index >= 15 is 0 Å². The monoisotopic (exact) mass is 619 g/mol. The summed E-state index contributed by atoms with van der Waals surface area (Å²) in [6.45, 7) is 0. The number of nitrogens with zero attached hydrogens (tertiary/aromatic N) is 1. The number of ketones is 2. The van der Waals surface area contributed by atoms with Crippen molar-refractivity contribution in [3.8, 4) is 17.2 Å². The van der Waals surface area contributed by atoms with E-state index in [9.17, 15) is 27.6 Å². The molecule has 1 amide bonds. The lowest BCUT2D eigenvalue weighted by molar-refractivity contribution is 0.0976. The molecule has 222 valence electrons. The minimum absolute atomic E-state index is 0.0112. The van der Waals surface area contributed by atoms with Gasteiger partial charge in [0.05, 0.1) is 16.1 Å². The van der Waals surface area contributed by atoms with E-state index in [0.29, 0.717) is 4.31 Å². The van der Waals surface area contributed by atoms with E-state index in [1.54, 1.807) is 60.7 Å². The van der Waals surface area contributed by atoms with Crippen LogP contribution in [0.1, 0.15) is 31.8 Å². The van der Waals surface area contributed by atoms with Gasteiger partial charge in [-0.15, -0.1) is 0 Å². The minimum Gasteiger partial charge on any atom is -0.409 e. The molecule has 0 aliphatic heterocycles. The van der Waals surface area contributed by atoms with E-state index in [-0.39, 0.29) is 45.2 Å². The van der Waals surface area contributed by atoms with Crippen LogP contribution in [0, 0.1) is 0 Å². The van der Waals surface area contributed by atoms with Crippen molar-refractivity contribution in [2.45, 2.75) is 4.90 Å². The normalized spacial score (nSPS) is 12.0. The Morgan fingerprint density at radius 2 is 1.00 bits per heavy atom. The van der Waals surface area contributed by atoms with Crippen molar-refractivity contribution in [1.82, 2.24) is 0 Å². The molecule has 0 atom stereocenters. The van der Waals surface area contributed by atoms with Crippen molar-refractivity contribution in [2.24, 2.45) is 0 Å². The molecule has 0 spiro atoms. The fraction of sp³-hybridized carbons (Fsp3) is 0. The highest BCUT2D eigenvalue weighted by Gasteiger charge is 2.40. The number of carbonyl (C=O) groups is 4. The lowest BCUT2D eigenvalue weighted by Crippen LogP contribution is -2.40. The molecule has 1 aliphatic carbocycles. The van der Waals surface area contributed by atoms with Gasteiger partial charge in [-0.25, -0.2) is 18.0 Å². The molecule has 0 N–H and O–H groups in total. The summed E-state index contributed by atoms with van der Waals surface area (Å²) in [4.78, 5) is 52.2. The van der Waals surface area contributed by atoms with Gasteiger partial charge < -0.3 is 14.2 Å². The van der Waals surface area contributed by atoms with Crippen LogP contribution in [0.2, 0.25) is 0 Å². The van der Waals surface area contributed by atoms with Gasteiger partial charge in [0, 0.05) is 16.7 Å². The lowest BCUT2D eigenvalue weighted by Gasteiger charge is -2.25. The average molecular weight is 620 g/mol. The Hall–Kier alpha value is -6.07. The Bertz CT molecular complexity index is 2060. The summed E-state index contributed by atoms with van der Waals surface area (Å²) < 4.78 is 44.7.